The van der Waals surface area contributed by atoms with Crippen LogP contribution in [-0.2, 0) is 16.0 Å². The molecule has 0 spiro atoms. The summed E-state index contributed by atoms with van der Waals surface area (Å²) in [5.41, 5.74) is 6.95. The van der Waals surface area contributed by atoms with Gasteiger partial charge in [-0.25, -0.2) is 0 Å². The Morgan fingerprint density at radius 3 is 2.32 bits per heavy atom. The van der Waals surface area contributed by atoms with Crippen LogP contribution >= 0.6 is 0 Å². The molecule has 0 radical (unpaired) electrons. The van der Waals surface area contributed by atoms with Crippen molar-refractivity contribution in [2.75, 3.05) is 6.54 Å². The van der Waals surface area contributed by atoms with Crippen LogP contribution in [0.3, 0.4) is 0 Å². The Morgan fingerprint density at radius 2 is 1.79 bits per heavy atom. The monoisotopic (exact) mass is 390 g/mol. The minimum Gasteiger partial charge on any atom is -0.377 e. The number of amides is 1. The molecular weight excluding hydrogens is 356 g/mol. The van der Waals surface area contributed by atoms with Crippen LogP contribution in [-0.4, -0.2) is 41.8 Å². The third kappa shape index (κ3) is 9.12. The number of hydrogen-bond acceptors (Lipinski definition) is 6. The first-order chi connectivity index (χ1) is 13.2. The number of ketones is 1. The van der Waals surface area contributed by atoms with Crippen molar-refractivity contribution < 1.29 is 14.7 Å². The van der Waals surface area contributed by atoms with Gasteiger partial charge in [0.15, 0.2) is 12.1 Å². The van der Waals surface area contributed by atoms with Crippen LogP contribution in [0.2, 0.25) is 0 Å². The van der Waals surface area contributed by atoms with Gasteiger partial charge in [-0.2, -0.15) is 0 Å². The normalized spacial score (nSPS) is 14.2. The summed E-state index contributed by atoms with van der Waals surface area (Å²) in [7, 11) is 0. The number of aliphatic hydroxyl groups excluding tert-OH is 1. The number of nitrogens with two attached hydrogens (primary N) is 1. The molecule has 28 heavy (non-hydrogen) atoms. The fraction of sp³-hybridized carbons (Fsp3) is 0.524. The van der Waals surface area contributed by atoms with Crippen molar-refractivity contribution in [3.8, 4) is 0 Å². The van der Waals surface area contributed by atoms with E-state index in [9.17, 15) is 9.59 Å². The lowest BCUT2D eigenvalue weighted by atomic mass is 9.97. The van der Waals surface area contributed by atoms with Crippen molar-refractivity contribution in [3.63, 3.8) is 0 Å². The molecule has 0 saturated carbocycles. The van der Waals surface area contributed by atoms with Crippen LogP contribution in [0, 0.1) is 5.92 Å². The molecule has 0 aliphatic carbocycles. The zero-order valence-electron chi connectivity index (χ0n) is 17.1. The van der Waals surface area contributed by atoms with Gasteiger partial charge in [-0.15, -0.1) is 0 Å². The number of carbonyl (C=O) groups is 2. The Bertz CT molecular complexity index is 632. The van der Waals surface area contributed by atoms with Gasteiger partial charge < -0.3 is 15.7 Å². The highest BCUT2D eigenvalue weighted by Crippen LogP contribution is 2.09. The smallest absolute Gasteiger partial charge is 0.243 e. The average molecular weight is 391 g/mol. The maximum Gasteiger partial charge on any atom is 0.243 e. The summed E-state index contributed by atoms with van der Waals surface area (Å²) < 4.78 is 0. The first kappa shape index (κ1) is 23.8. The minimum atomic E-state index is -1.09. The quantitative estimate of drug-likeness (QED) is 0.254. The lowest BCUT2D eigenvalue weighted by Crippen LogP contribution is -2.51. The Balaban J connectivity index is 2.81. The fourth-order valence-electron chi connectivity index (χ4n) is 2.87. The molecule has 156 valence electrons. The van der Waals surface area contributed by atoms with Crippen molar-refractivity contribution in [1.29, 1.82) is 0 Å². The van der Waals surface area contributed by atoms with E-state index in [4.69, 9.17) is 10.8 Å². The molecule has 0 saturated heterocycles. The summed E-state index contributed by atoms with van der Waals surface area (Å²) in [5.74, 6) is -0.451. The van der Waals surface area contributed by atoms with E-state index in [0.29, 0.717) is 31.5 Å². The highest BCUT2D eigenvalue weighted by atomic mass is 16.3. The lowest BCUT2D eigenvalue weighted by Gasteiger charge is -2.25. The second kappa shape index (κ2) is 12.3. The van der Waals surface area contributed by atoms with Gasteiger partial charge >= 0.3 is 0 Å². The van der Waals surface area contributed by atoms with E-state index >= 15 is 0 Å². The van der Waals surface area contributed by atoms with Crippen LogP contribution < -0.4 is 21.7 Å². The zero-order chi connectivity index (χ0) is 21.1. The molecule has 7 heteroatoms. The second-order valence-electron chi connectivity index (χ2n) is 7.33. The number of carbonyl (C=O) groups excluding carboxylic acids is 2. The Kier molecular flexibility index (Phi) is 10.4. The number of nitrogens with one attached hydrogen (secondary N) is 3. The topological polar surface area (TPSA) is 116 Å². The van der Waals surface area contributed by atoms with Crippen molar-refractivity contribution >= 4 is 11.7 Å². The molecule has 1 aromatic rings. The molecule has 3 atom stereocenters. The van der Waals surface area contributed by atoms with E-state index in [1.165, 1.54) is 0 Å². The first-order valence-electron chi connectivity index (χ1n) is 9.67. The number of benzene rings is 1. The van der Waals surface area contributed by atoms with Gasteiger partial charge in [0.25, 0.3) is 0 Å². The Morgan fingerprint density at radius 1 is 1.14 bits per heavy atom. The Labute approximate surface area is 167 Å². The van der Waals surface area contributed by atoms with Crippen molar-refractivity contribution in [3.05, 3.63) is 48.2 Å². The van der Waals surface area contributed by atoms with E-state index in [0.717, 1.165) is 5.56 Å². The summed E-state index contributed by atoms with van der Waals surface area (Å²) in [5, 5.41) is 17.8. The molecule has 1 rings (SSSR count). The molecule has 0 aromatic heterocycles. The van der Waals surface area contributed by atoms with Crippen LogP contribution in [0.15, 0.2) is 42.6 Å². The Hall–Kier alpha value is -2.22. The zero-order valence-corrected chi connectivity index (χ0v) is 17.1. The second-order valence-corrected chi connectivity index (χ2v) is 7.33. The molecule has 0 heterocycles. The molecule has 0 bridgehead atoms. The van der Waals surface area contributed by atoms with Crippen LogP contribution in [0.25, 0.3) is 0 Å². The van der Waals surface area contributed by atoms with Gasteiger partial charge in [-0.3, -0.25) is 20.6 Å². The summed E-state index contributed by atoms with van der Waals surface area (Å²) in [6.07, 6.45) is 0.454. The van der Waals surface area contributed by atoms with E-state index in [1.54, 1.807) is 6.92 Å². The molecule has 6 N–H and O–H groups in total. The maximum absolute atomic E-state index is 12.9. The van der Waals surface area contributed by atoms with E-state index in [2.05, 4.69) is 22.5 Å². The summed E-state index contributed by atoms with van der Waals surface area (Å²) in [4.78, 5) is 25.5. The summed E-state index contributed by atoms with van der Waals surface area (Å²) >= 11 is 0. The number of aliphatic hydroxyl groups is 1. The van der Waals surface area contributed by atoms with Crippen molar-refractivity contribution in [2.45, 2.75) is 58.5 Å². The molecule has 1 aromatic carbocycles. The number of hydrogen-bond donors (Lipinski definition) is 5. The number of Topliss-reactive ketones (excluding diaryl/α,β-unsaturated/α-hetero) is 1. The third-order valence-electron chi connectivity index (χ3n) is 4.27. The maximum atomic E-state index is 12.9. The van der Waals surface area contributed by atoms with Gasteiger partial charge in [-0.05, 0) is 31.9 Å². The van der Waals surface area contributed by atoms with Gasteiger partial charge in [0.05, 0.1) is 6.04 Å². The fourth-order valence-corrected chi connectivity index (χ4v) is 2.87. The van der Waals surface area contributed by atoms with Crippen molar-refractivity contribution in [2.24, 2.45) is 11.7 Å². The van der Waals surface area contributed by atoms with Crippen molar-refractivity contribution in [1.82, 2.24) is 16.0 Å². The van der Waals surface area contributed by atoms with Gasteiger partial charge in [0, 0.05) is 18.0 Å². The predicted molar refractivity (Wildman–Crippen MR) is 111 cm³/mol. The van der Waals surface area contributed by atoms with E-state index in [-0.39, 0.29) is 17.6 Å². The largest absolute Gasteiger partial charge is 0.377 e. The lowest BCUT2D eigenvalue weighted by molar-refractivity contribution is -0.130. The van der Waals surface area contributed by atoms with Crippen LogP contribution in [0.5, 0.6) is 0 Å². The van der Waals surface area contributed by atoms with Gasteiger partial charge in [0.1, 0.15) is 6.04 Å². The van der Waals surface area contributed by atoms with Crippen LogP contribution in [0.4, 0.5) is 0 Å². The molecule has 0 aliphatic heterocycles. The standard InChI is InChI=1S/C21H34N4O3/c1-14(2)19(26)17(11-8-12-23-21(22)28)25-20(27)18(24-15(3)4)13-16-9-6-5-7-10-16/h5-7,9-10,14,17-18,21,23-24,28H,3,8,11-13,22H2,1-2,4H3,(H,25,27)/t17-,18-,21?/m0/s1. The highest BCUT2D eigenvalue weighted by molar-refractivity contribution is 5.92. The van der Waals surface area contributed by atoms with E-state index < -0.39 is 18.4 Å². The molecule has 0 aliphatic rings. The average Bonchev–Trinajstić information content (AvgIpc) is 2.63. The highest BCUT2D eigenvalue weighted by Gasteiger charge is 2.26. The minimum absolute atomic E-state index is 0.0181. The third-order valence-corrected chi connectivity index (χ3v) is 4.27. The predicted octanol–water partition coefficient (Wildman–Crippen LogP) is 1.04. The first-order valence-corrected chi connectivity index (χ1v) is 9.67. The summed E-state index contributed by atoms with van der Waals surface area (Å²) in [6, 6.07) is 8.58. The molecule has 1 unspecified atom stereocenters. The van der Waals surface area contributed by atoms with E-state index in [1.807, 2.05) is 44.2 Å². The van der Waals surface area contributed by atoms with Gasteiger partial charge in [-0.1, -0.05) is 50.8 Å². The van der Waals surface area contributed by atoms with Gasteiger partial charge in [0.2, 0.25) is 5.91 Å². The molecule has 0 fully saturated rings. The molecular formula is C21H34N4O3. The molecule has 1 amide bonds. The molecule has 7 nitrogen and oxygen atoms in total. The number of allylic oxidation sites excluding steroid dienone is 1. The summed E-state index contributed by atoms with van der Waals surface area (Å²) in [6.45, 7) is 9.72. The van der Waals surface area contributed by atoms with Crippen LogP contribution in [0.1, 0.15) is 39.2 Å². The number of rotatable bonds is 13. The SMILES string of the molecule is C=C(C)N[C@@H](Cc1ccccc1)C(=O)N[C@@H](CCCNC(N)O)C(=O)C(C)C.